The van der Waals surface area contributed by atoms with Crippen molar-refractivity contribution in [2.24, 2.45) is 0 Å². The third-order valence-corrected chi connectivity index (χ3v) is 3.23. The topological polar surface area (TPSA) is 29.1 Å². The van der Waals surface area contributed by atoms with Crippen LogP contribution in [-0.4, -0.2) is 17.4 Å². The van der Waals surface area contributed by atoms with Crippen molar-refractivity contribution in [2.75, 3.05) is 0 Å². The van der Waals surface area contributed by atoms with Crippen LogP contribution in [0.3, 0.4) is 0 Å². The van der Waals surface area contributed by atoms with Gasteiger partial charge in [-0.3, -0.25) is 4.79 Å². The largest absolute Gasteiger partial charge is 0.302 e. The average Bonchev–Trinajstić information content (AvgIpc) is 2.27. The van der Waals surface area contributed by atoms with Crippen LogP contribution < -0.4 is 5.32 Å². The Hall–Kier alpha value is -0.860. The van der Waals surface area contributed by atoms with Gasteiger partial charge in [0.1, 0.15) is 0 Å². The number of hydrogen-bond donors (Lipinski definition) is 1. The minimum atomic E-state index is -0.205. The molecule has 0 amide bonds. The van der Waals surface area contributed by atoms with Crippen LogP contribution in [0, 0.1) is 0 Å². The number of rotatable bonds is 5. The van der Waals surface area contributed by atoms with Gasteiger partial charge in [0.05, 0.1) is 6.04 Å². The summed E-state index contributed by atoms with van der Waals surface area (Å²) in [5.74, 6) is 0.0778. The molecule has 0 radical (unpaired) electrons. The van der Waals surface area contributed by atoms with Gasteiger partial charge < -0.3 is 5.32 Å². The van der Waals surface area contributed by atoms with Gasteiger partial charge in [0.2, 0.25) is 0 Å². The van der Waals surface area contributed by atoms with E-state index in [0.29, 0.717) is 10.6 Å². The molecular weight excluding hydrogens is 234 g/mol. The van der Waals surface area contributed by atoms with Crippen LogP contribution in [0.5, 0.6) is 0 Å². The third kappa shape index (κ3) is 4.14. The number of carbonyl (C=O) groups excluding carboxylic acids is 1. The van der Waals surface area contributed by atoms with E-state index in [0.717, 1.165) is 6.42 Å². The summed E-state index contributed by atoms with van der Waals surface area (Å²) in [5, 5.41) is 3.93. The molecule has 0 heterocycles. The van der Waals surface area contributed by atoms with Gasteiger partial charge in [-0.1, -0.05) is 30.7 Å². The third-order valence-electron chi connectivity index (χ3n) is 2.99. The summed E-state index contributed by atoms with van der Waals surface area (Å²) in [5.41, 5.74) is 0.623. The zero-order valence-electron chi connectivity index (χ0n) is 10.9. The normalized spacial score (nSPS) is 13.5. The molecule has 1 N–H and O–H groups in total. The maximum Gasteiger partial charge on any atom is 0.179 e. The second-order valence-corrected chi connectivity index (χ2v) is 5.41. The molecule has 0 saturated heterocycles. The molecule has 0 aromatic heterocycles. The van der Waals surface area contributed by atoms with Gasteiger partial charge in [-0.05, 0) is 39.3 Å². The molecule has 2 nitrogen and oxygen atoms in total. The van der Waals surface area contributed by atoms with Gasteiger partial charge in [-0.2, -0.15) is 0 Å². The van der Waals surface area contributed by atoms with Gasteiger partial charge in [-0.25, -0.2) is 0 Å². The number of benzene rings is 1. The SMILES string of the molecule is CCC(C)(C)NC(C)C(=O)c1cccc(Cl)c1. The van der Waals surface area contributed by atoms with Crippen molar-refractivity contribution >= 4 is 17.4 Å². The molecule has 0 aliphatic heterocycles. The van der Waals surface area contributed by atoms with Gasteiger partial charge in [0.25, 0.3) is 0 Å². The Morgan fingerprint density at radius 3 is 2.65 bits per heavy atom. The average molecular weight is 254 g/mol. The molecule has 0 spiro atoms. The summed E-state index contributed by atoms with van der Waals surface area (Å²) >= 11 is 5.88. The molecule has 0 fully saturated rings. The fraction of sp³-hybridized carbons (Fsp3) is 0.500. The van der Waals surface area contributed by atoms with Crippen molar-refractivity contribution in [3.05, 3.63) is 34.9 Å². The molecule has 0 bridgehead atoms. The molecule has 17 heavy (non-hydrogen) atoms. The Morgan fingerprint density at radius 2 is 2.12 bits per heavy atom. The van der Waals surface area contributed by atoms with Crippen molar-refractivity contribution in [2.45, 2.75) is 45.7 Å². The first-order valence-electron chi connectivity index (χ1n) is 5.93. The zero-order valence-corrected chi connectivity index (χ0v) is 11.6. The van der Waals surface area contributed by atoms with Gasteiger partial charge >= 0.3 is 0 Å². The highest BCUT2D eigenvalue weighted by atomic mass is 35.5. The Labute approximate surface area is 108 Å². The smallest absolute Gasteiger partial charge is 0.179 e. The van der Waals surface area contributed by atoms with Gasteiger partial charge in [0.15, 0.2) is 5.78 Å². The lowest BCUT2D eigenvalue weighted by Gasteiger charge is -2.28. The molecule has 1 aromatic rings. The van der Waals surface area contributed by atoms with Crippen molar-refractivity contribution in [1.82, 2.24) is 5.32 Å². The van der Waals surface area contributed by atoms with Crippen molar-refractivity contribution in [3.63, 3.8) is 0 Å². The molecule has 0 saturated carbocycles. The van der Waals surface area contributed by atoms with E-state index in [2.05, 4.69) is 26.1 Å². The first-order chi connectivity index (χ1) is 7.85. The van der Waals surface area contributed by atoms with Crippen molar-refractivity contribution in [3.8, 4) is 0 Å². The number of nitrogens with one attached hydrogen (secondary N) is 1. The lowest BCUT2D eigenvalue weighted by Crippen LogP contribution is -2.47. The fourth-order valence-corrected chi connectivity index (χ4v) is 1.84. The predicted molar refractivity (Wildman–Crippen MR) is 72.8 cm³/mol. The van der Waals surface area contributed by atoms with Crippen LogP contribution >= 0.6 is 11.6 Å². The van der Waals surface area contributed by atoms with Gasteiger partial charge in [-0.15, -0.1) is 0 Å². The molecule has 0 aliphatic rings. The molecule has 94 valence electrons. The second-order valence-electron chi connectivity index (χ2n) is 4.98. The highest BCUT2D eigenvalue weighted by molar-refractivity contribution is 6.31. The van der Waals surface area contributed by atoms with E-state index in [9.17, 15) is 4.79 Å². The monoisotopic (exact) mass is 253 g/mol. The second kappa shape index (κ2) is 5.65. The Balaban J connectivity index is 2.77. The number of ketones is 1. The standard InChI is InChI=1S/C14H20ClNO/c1-5-14(3,4)16-10(2)13(17)11-7-6-8-12(15)9-11/h6-10,16H,5H2,1-4H3. The highest BCUT2D eigenvalue weighted by Crippen LogP contribution is 2.14. The summed E-state index contributed by atoms with van der Waals surface area (Å²) in [4.78, 5) is 12.2. The van der Waals surface area contributed by atoms with E-state index >= 15 is 0 Å². The van der Waals surface area contributed by atoms with E-state index in [1.807, 2.05) is 6.92 Å². The number of hydrogen-bond acceptors (Lipinski definition) is 2. The highest BCUT2D eigenvalue weighted by Gasteiger charge is 2.22. The molecule has 1 aromatic carbocycles. The van der Waals surface area contributed by atoms with Crippen LogP contribution in [0.4, 0.5) is 0 Å². The molecule has 0 aliphatic carbocycles. The molecular formula is C14H20ClNO. The van der Waals surface area contributed by atoms with E-state index in [4.69, 9.17) is 11.6 Å². The van der Waals surface area contributed by atoms with E-state index in [1.54, 1.807) is 24.3 Å². The Kier molecular flexibility index (Phi) is 4.72. The first-order valence-corrected chi connectivity index (χ1v) is 6.31. The maximum absolute atomic E-state index is 12.2. The van der Waals surface area contributed by atoms with Crippen LogP contribution in [0.15, 0.2) is 24.3 Å². The minimum Gasteiger partial charge on any atom is -0.302 e. The summed E-state index contributed by atoms with van der Waals surface area (Å²) < 4.78 is 0. The van der Waals surface area contributed by atoms with E-state index in [1.165, 1.54) is 0 Å². The number of Topliss-reactive ketones (excluding diaryl/α,β-unsaturated/α-hetero) is 1. The molecule has 1 atom stereocenters. The van der Waals surface area contributed by atoms with E-state index < -0.39 is 0 Å². The Morgan fingerprint density at radius 1 is 1.47 bits per heavy atom. The quantitative estimate of drug-likeness (QED) is 0.811. The minimum absolute atomic E-state index is 0.0341. The lowest BCUT2D eigenvalue weighted by molar-refractivity contribution is 0.0932. The lowest BCUT2D eigenvalue weighted by atomic mass is 9.98. The summed E-state index contributed by atoms with van der Waals surface area (Å²) in [7, 11) is 0. The van der Waals surface area contributed by atoms with Crippen LogP contribution in [0.2, 0.25) is 5.02 Å². The Bertz CT molecular complexity index is 401. The number of carbonyl (C=O) groups is 1. The van der Waals surface area contributed by atoms with E-state index in [-0.39, 0.29) is 17.4 Å². The van der Waals surface area contributed by atoms with Crippen molar-refractivity contribution in [1.29, 1.82) is 0 Å². The summed E-state index contributed by atoms with van der Waals surface area (Å²) in [6.07, 6.45) is 0.972. The first kappa shape index (κ1) is 14.2. The van der Waals surface area contributed by atoms with Crippen LogP contribution in [0.1, 0.15) is 44.5 Å². The molecule has 1 rings (SSSR count). The summed E-state index contributed by atoms with van der Waals surface area (Å²) in [6, 6.07) is 6.87. The van der Waals surface area contributed by atoms with Crippen molar-refractivity contribution < 1.29 is 4.79 Å². The summed E-state index contributed by atoms with van der Waals surface area (Å²) in [6.45, 7) is 8.17. The van der Waals surface area contributed by atoms with Crippen LogP contribution in [0.25, 0.3) is 0 Å². The zero-order chi connectivity index (χ0) is 13.1. The number of halogens is 1. The maximum atomic E-state index is 12.2. The predicted octanol–water partition coefficient (Wildman–Crippen LogP) is 3.69. The molecule has 3 heteroatoms. The van der Waals surface area contributed by atoms with Gasteiger partial charge in [0, 0.05) is 16.1 Å². The fourth-order valence-electron chi connectivity index (χ4n) is 1.65. The van der Waals surface area contributed by atoms with Crippen LogP contribution in [-0.2, 0) is 0 Å². The molecule has 1 unspecified atom stereocenters.